The third-order valence-corrected chi connectivity index (χ3v) is 5.23. The van der Waals surface area contributed by atoms with E-state index in [0.717, 1.165) is 24.8 Å². The monoisotopic (exact) mass is 306 g/mol. The minimum atomic E-state index is 0.221. The highest BCUT2D eigenvalue weighted by Gasteiger charge is 2.34. The number of ketones is 1. The van der Waals surface area contributed by atoms with Gasteiger partial charge in [-0.1, -0.05) is 29.8 Å². The third-order valence-electron chi connectivity index (χ3n) is 4.28. The second kappa shape index (κ2) is 4.48. The third kappa shape index (κ3) is 1.85. The van der Waals surface area contributed by atoms with E-state index in [1.807, 2.05) is 0 Å². The molecule has 0 aliphatic heterocycles. The molecular weight excluding hydrogens is 288 g/mol. The van der Waals surface area contributed by atoms with Crippen LogP contribution in [-0.2, 0) is 19.3 Å². The van der Waals surface area contributed by atoms with Gasteiger partial charge in [0.25, 0.3) is 0 Å². The van der Waals surface area contributed by atoms with Crippen molar-refractivity contribution in [1.82, 2.24) is 0 Å². The van der Waals surface area contributed by atoms with Crippen LogP contribution in [0.25, 0.3) is 0 Å². The fraction of sp³-hybridized carbons (Fsp3) is 0.562. The number of aryl methyl sites for hydroxylation is 1. The van der Waals surface area contributed by atoms with Crippen molar-refractivity contribution >= 4 is 21.7 Å². The average molecular weight is 307 g/mol. The summed E-state index contributed by atoms with van der Waals surface area (Å²) in [5.41, 5.74) is 5.16. The Morgan fingerprint density at radius 1 is 1.33 bits per heavy atom. The molecule has 1 unspecified atom stereocenters. The van der Waals surface area contributed by atoms with Crippen LogP contribution in [0.15, 0.2) is 10.5 Å². The Balaban J connectivity index is 2.01. The van der Waals surface area contributed by atoms with Gasteiger partial charge >= 0.3 is 0 Å². The molecule has 3 rings (SSSR count). The number of carbonyl (C=O) groups is 1. The molecule has 0 N–H and O–H groups in total. The zero-order valence-electron chi connectivity index (χ0n) is 11.1. The zero-order valence-corrected chi connectivity index (χ0v) is 12.6. The number of Topliss-reactive ketones (excluding diaryl/α,β-unsaturated/α-hetero) is 1. The number of carbonyl (C=O) groups excluding carboxylic acids is 1. The summed E-state index contributed by atoms with van der Waals surface area (Å²) in [5.74, 6) is 1.20. The molecule has 1 aromatic carbocycles. The maximum absolute atomic E-state index is 12.5. The number of fused-ring (bicyclic) bond motifs is 2. The predicted octanol–water partition coefficient (Wildman–Crippen LogP) is 4.34. The Morgan fingerprint density at radius 2 is 2.11 bits per heavy atom. The van der Waals surface area contributed by atoms with E-state index >= 15 is 0 Å². The molecule has 18 heavy (non-hydrogen) atoms. The molecule has 0 bridgehead atoms. The van der Waals surface area contributed by atoms with Crippen molar-refractivity contribution < 1.29 is 4.79 Å². The maximum atomic E-state index is 12.5. The summed E-state index contributed by atoms with van der Waals surface area (Å²) in [4.78, 5) is 12.5. The number of halogens is 1. The largest absolute Gasteiger partial charge is 0.294 e. The Hall–Kier alpha value is -0.630. The molecule has 0 saturated carbocycles. The highest BCUT2D eigenvalue weighted by atomic mass is 79.9. The first kappa shape index (κ1) is 12.4. The molecule has 0 radical (unpaired) electrons. The summed E-state index contributed by atoms with van der Waals surface area (Å²) in [6, 6.07) is 2.19. The van der Waals surface area contributed by atoms with Crippen molar-refractivity contribution in [2.24, 2.45) is 11.8 Å². The molecule has 0 saturated heterocycles. The van der Waals surface area contributed by atoms with E-state index in [4.69, 9.17) is 0 Å². The number of benzene rings is 1. The number of hydrogen-bond donors (Lipinski definition) is 0. The fourth-order valence-electron chi connectivity index (χ4n) is 3.48. The van der Waals surface area contributed by atoms with Gasteiger partial charge in [0.2, 0.25) is 0 Å². The lowest BCUT2D eigenvalue weighted by molar-refractivity contribution is 0.0922. The quantitative estimate of drug-likeness (QED) is 0.794. The molecule has 0 fully saturated rings. The van der Waals surface area contributed by atoms with Crippen LogP contribution in [0.1, 0.15) is 53.7 Å². The van der Waals surface area contributed by atoms with E-state index in [1.165, 1.54) is 34.0 Å². The molecule has 0 heterocycles. The van der Waals surface area contributed by atoms with Crippen LogP contribution in [0.5, 0.6) is 0 Å². The molecule has 2 aliphatic carbocycles. The van der Waals surface area contributed by atoms with Gasteiger partial charge in [-0.2, -0.15) is 0 Å². The Labute approximate surface area is 117 Å². The van der Waals surface area contributed by atoms with Gasteiger partial charge < -0.3 is 0 Å². The highest BCUT2D eigenvalue weighted by molar-refractivity contribution is 9.10. The second-order valence-corrected chi connectivity index (χ2v) is 6.90. The van der Waals surface area contributed by atoms with E-state index in [1.54, 1.807) is 0 Å². The average Bonchev–Trinajstić information content (AvgIpc) is 2.87. The first-order chi connectivity index (χ1) is 8.58. The van der Waals surface area contributed by atoms with Crippen LogP contribution in [0, 0.1) is 11.8 Å². The molecule has 1 nitrogen and oxygen atoms in total. The highest BCUT2D eigenvalue weighted by Crippen LogP contribution is 2.41. The van der Waals surface area contributed by atoms with Crippen LogP contribution in [-0.4, -0.2) is 5.78 Å². The van der Waals surface area contributed by atoms with Gasteiger partial charge in [-0.05, 0) is 60.8 Å². The first-order valence-corrected chi connectivity index (χ1v) is 7.74. The van der Waals surface area contributed by atoms with Gasteiger partial charge in [-0.15, -0.1) is 0 Å². The van der Waals surface area contributed by atoms with Crippen LogP contribution in [0.4, 0.5) is 0 Å². The zero-order chi connectivity index (χ0) is 12.9. The molecule has 1 atom stereocenters. The first-order valence-electron chi connectivity index (χ1n) is 6.95. The van der Waals surface area contributed by atoms with E-state index in [-0.39, 0.29) is 5.92 Å². The summed E-state index contributed by atoms with van der Waals surface area (Å²) in [5, 5.41) is 0. The predicted molar refractivity (Wildman–Crippen MR) is 77.1 cm³/mol. The molecule has 1 aromatic rings. The van der Waals surface area contributed by atoms with Gasteiger partial charge in [-0.3, -0.25) is 4.79 Å². The van der Waals surface area contributed by atoms with E-state index in [0.29, 0.717) is 11.7 Å². The van der Waals surface area contributed by atoms with E-state index < -0.39 is 0 Å². The second-order valence-electron chi connectivity index (χ2n) is 6.10. The molecule has 96 valence electrons. The lowest BCUT2D eigenvalue weighted by Crippen LogP contribution is -2.11. The molecule has 0 spiro atoms. The van der Waals surface area contributed by atoms with Gasteiger partial charge in [0, 0.05) is 16.0 Å². The summed E-state index contributed by atoms with van der Waals surface area (Å²) in [7, 11) is 0. The van der Waals surface area contributed by atoms with Crippen molar-refractivity contribution in [1.29, 1.82) is 0 Å². The molecular formula is C16H19BrO. The lowest BCUT2D eigenvalue weighted by atomic mass is 9.94. The minimum absolute atomic E-state index is 0.221. The summed E-state index contributed by atoms with van der Waals surface area (Å²) >= 11 is 3.75. The Bertz CT molecular complexity index is 516. The van der Waals surface area contributed by atoms with E-state index in [2.05, 4.69) is 35.8 Å². The summed E-state index contributed by atoms with van der Waals surface area (Å²) in [6.07, 6.45) is 5.51. The van der Waals surface area contributed by atoms with Gasteiger partial charge in [0.1, 0.15) is 0 Å². The van der Waals surface area contributed by atoms with Gasteiger partial charge in [-0.25, -0.2) is 0 Å². The van der Waals surface area contributed by atoms with Crippen molar-refractivity contribution in [3.05, 3.63) is 32.8 Å². The van der Waals surface area contributed by atoms with Crippen LogP contribution >= 0.6 is 15.9 Å². The fourth-order valence-corrected chi connectivity index (χ4v) is 4.30. The summed E-state index contributed by atoms with van der Waals surface area (Å²) in [6.45, 7) is 4.40. The summed E-state index contributed by atoms with van der Waals surface area (Å²) < 4.78 is 1.24. The van der Waals surface area contributed by atoms with Crippen LogP contribution < -0.4 is 0 Å². The van der Waals surface area contributed by atoms with Crippen LogP contribution in [0.2, 0.25) is 0 Å². The number of rotatable bonds is 2. The Morgan fingerprint density at radius 3 is 2.83 bits per heavy atom. The maximum Gasteiger partial charge on any atom is 0.166 e. The van der Waals surface area contributed by atoms with Crippen molar-refractivity contribution in [3.8, 4) is 0 Å². The Kier molecular flexibility index (Phi) is 3.09. The lowest BCUT2D eigenvalue weighted by Gasteiger charge is -2.10. The number of hydrogen-bond acceptors (Lipinski definition) is 1. The SMILES string of the molecule is CC(C)CC1Cc2c(cc3c(c2Br)CCC3)C1=O. The minimum Gasteiger partial charge on any atom is -0.294 e. The standard InChI is InChI=1S/C16H19BrO/c1-9(2)6-11-8-13-14(16(11)18)7-10-4-3-5-12(10)15(13)17/h7,9,11H,3-6,8H2,1-2H3. The van der Waals surface area contributed by atoms with Crippen LogP contribution in [0.3, 0.4) is 0 Å². The molecule has 2 aliphatic rings. The van der Waals surface area contributed by atoms with E-state index in [9.17, 15) is 4.79 Å². The van der Waals surface area contributed by atoms with Gasteiger partial charge in [0.05, 0.1) is 0 Å². The normalized spacial score (nSPS) is 21.6. The topological polar surface area (TPSA) is 17.1 Å². The molecule has 2 heteroatoms. The molecule has 0 amide bonds. The van der Waals surface area contributed by atoms with Gasteiger partial charge in [0.15, 0.2) is 5.78 Å². The smallest absolute Gasteiger partial charge is 0.166 e. The molecule has 0 aromatic heterocycles. The van der Waals surface area contributed by atoms with Crippen molar-refractivity contribution in [3.63, 3.8) is 0 Å². The van der Waals surface area contributed by atoms with Crippen molar-refractivity contribution in [2.75, 3.05) is 0 Å². The van der Waals surface area contributed by atoms with Crippen molar-refractivity contribution in [2.45, 2.75) is 46.0 Å².